The fourth-order valence-electron chi connectivity index (χ4n) is 5.98. The Morgan fingerprint density at radius 3 is 2.04 bits per heavy atom. The Bertz CT molecular complexity index is 1760. The minimum Gasteiger partial charge on any atom is -0.466 e. The van der Waals surface area contributed by atoms with E-state index in [0.717, 1.165) is 28.1 Å². The van der Waals surface area contributed by atoms with Gasteiger partial charge in [-0.2, -0.15) is 0 Å². The molecular formula is C41H51FN2O5Si. The first kappa shape index (κ1) is 38.5. The lowest BCUT2D eigenvalue weighted by Gasteiger charge is -2.39. The Balaban J connectivity index is 1.90. The zero-order valence-electron chi connectivity index (χ0n) is 30.6. The van der Waals surface area contributed by atoms with Crippen molar-refractivity contribution in [2.45, 2.75) is 97.5 Å². The van der Waals surface area contributed by atoms with Gasteiger partial charge in [-0.1, -0.05) is 83.1 Å². The van der Waals surface area contributed by atoms with Crippen LogP contribution in [0, 0.1) is 5.82 Å². The van der Waals surface area contributed by atoms with Crippen LogP contribution in [-0.4, -0.2) is 43.3 Å². The van der Waals surface area contributed by atoms with E-state index in [0.29, 0.717) is 24.2 Å². The van der Waals surface area contributed by atoms with Crippen LogP contribution in [0.4, 0.5) is 10.1 Å². The molecule has 4 rings (SSSR count). The average molecular weight is 699 g/mol. The van der Waals surface area contributed by atoms with Crippen LogP contribution >= 0.6 is 0 Å². The van der Waals surface area contributed by atoms with Crippen LogP contribution in [0.15, 0.2) is 84.9 Å². The molecule has 1 N–H and O–H groups in total. The summed E-state index contributed by atoms with van der Waals surface area (Å²) in [5, 5.41) is 3.00. The predicted molar refractivity (Wildman–Crippen MR) is 201 cm³/mol. The monoisotopic (exact) mass is 698 g/mol. The van der Waals surface area contributed by atoms with Crippen molar-refractivity contribution in [1.82, 2.24) is 4.57 Å². The van der Waals surface area contributed by atoms with Gasteiger partial charge >= 0.3 is 5.97 Å². The summed E-state index contributed by atoms with van der Waals surface area (Å²) >= 11 is 0. The molecule has 0 aliphatic carbocycles. The summed E-state index contributed by atoms with van der Waals surface area (Å²) in [5.41, 5.74) is 5.16. The molecule has 0 spiro atoms. The van der Waals surface area contributed by atoms with Crippen molar-refractivity contribution in [3.8, 4) is 22.4 Å². The van der Waals surface area contributed by atoms with E-state index in [-0.39, 0.29) is 47.9 Å². The number of ether oxygens (including phenoxy) is 1. The molecule has 9 heteroatoms. The van der Waals surface area contributed by atoms with E-state index in [2.05, 4.69) is 57.6 Å². The molecule has 0 aliphatic heterocycles. The molecule has 4 aromatic rings. The van der Waals surface area contributed by atoms with Gasteiger partial charge in [0.25, 0.3) is 5.91 Å². The van der Waals surface area contributed by atoms with Crippen molar-refractivity contribution in [1.29, 1.82) is 0 Å². The lowest BCUT2D eigenvalue weighted by atomic mass is 9.94. The number of benzene rings is 3. The second-order valence-electron chi connectivity index (χ2n) is 14.5. The third-order valence-corrected chi connectivity index (χ3v) is 13.9. The molecule has 3 aromatic carbocycles. The molecule has 0 unspecified atom stereocenters. The largest absolute Gasteiger partial charge is 0.466 e. The zero-order chi connectivity index (χ0) is 36.6. The van der Waals surface area contributed by atoms with Gasteiger partial charge in [0.2, 0.25) is 0 Å². The van der Waals surface area contributed by atoms with Crippen LogP contribution in [0.3, 0.4) is 0 Å². The molecule has 0 radical (unpaired) electrons. The molecule has 0 aliphatic rings. The van der Waals surface area contributed by atoms with Crippen LogP contribution < -0.4 is 5.32 Å². The molecule has 50 heavy (non-hydrogen) atoms. The van der Waals surface area contributed by atoms with Crippen LogP contribution in [0.1, 0.15) is 82.8 Å². The van der Waals surface area contributed by atoms with E-state index in [1.54, 1.807) is 19.1 Å². The number of esters is 1. The maximum absolute atomic E-state index is 14.4. The fourth-order valence-corrected chi connectivity index (χ4v) is 7.36. The van der Waals surface area contributed by atoms with Gasteiger partial charge in [0.15, 0.2) is 8.32 Å². The fraction of sp³-hybridized carbons (Fsp3) is 0.390. The van der Waals surface area contributed by atoms with Crippen molar-refractivity contribution in [2.75, 3.05) is 11.9 Å². The summed E-state index contributed by atoms with van der Waals surface area (Å²) in [7, 11) is -2.35. The summed E-state index contributed by atoms with van der Waals surface area (Å²) in [6, 6.07) is 25.4. The molecule has 0 fully saturated rings. The van der Waals surface area contributed by atoms with Gasteiger partial charge in [-0.3, -0.25) is 14.4 Å². The maximum atomic E-state index is 14.4. The number of rotatable bonds is 15. The van der Waals surface area contributed by atoms with Gasteiger partial charge < -0.3 is 19.0 Å². The molecule has 0 saturated heterocycles. The average Bonchev–Trinajstić information content (AvgIpc) is 3.40. The number of amides is 1. The minimum atomic E-state index is -2.35. The lowest BCUT2D eigenvalue weighted by molar-refractivity contribution is -0.145. The van der Waals surface area contributed by atoms with Gasteiger partial charge in [0, 0.05) is 29.9 Å². The summed E-state index contributed by atoms with van der Waals surface area (Å²) in [4.78, 5) is 39.9. The maximum Gasteiger partial charge on any atom is 0.313 e. The van der Waals surface area contributed by atoms with Crippen molar-refractivity contribution >= 4 is 31.7 Å². The minimum absolute atomic E-state index is 0.0579. The Hall–Kier alpha value is -4.34. The highest BCUT2D eigenvalue weighted by molar-refractivity contribution is 6.74. The number of carbonyl (C=O) groups excluding carboxylic acids is 3. The second kappa shape index (κ2) is 16.6. The highest BCUT2D eigenvalue weighted by Crippen LogP contribution is 2.43. The molecule has 1 heterocycles. The number of carbonyl (C=O) groups is 3. The van der Waals surface area contributed by atoms with Gasteiger partial charge in [-0.05, 0) is 84.9 Å². The molecular weight excluding hydrogens is 648 g/mol. The first-order chi connectivity index (χ1) is 23.6. The van der Waals surface area contributed by atoms with Gasteiger partial charge in [-0.25, -0.2) is 4.39 Å². The molecule has 1 amide bonds. The van der Waals surface area contributed by atoms with Gasteiger partial charge in [0.1, 0.15) is 18.0 Å². The van der Waals surface area contributed by atoms with Crippen molar-refractivity contribution in [2.24, 2.45) is 0 Å². The summed E-state index contributed by atoms with van der Waals surface area (Å²) in [5.74, 6) is -1.48. The topological polar surface area (TPSA) is 86.6 Å². The smallest absolute Gasteiger partial charge is 0.313 e. The van der Waals surface area contributed by atoms with Crippen molar-refractivity contribution < 1.29 is 27.9 Å². The lowest BCUT2D eigenvalue weighted by Crippen LogP contribution is -2.44. The van der Waals surface area contributed by atoms with Crippen LogP contribution in [0.5, 0.6) is 0 Å². The Morgan fingerprint density at radius 1 is 0.880 bits per heavy atom. The van der Waals surface area contributed by atoms with Crippen molar-refractivity contribution in [3.63, 3.8) is 0 Å². The Kier molecular flexibility index (Phi) is 12.7. The number of ketones is 1. The number of para-hydroxylation sites is 1. The third kappa shape index (κ3) is 9.46. The SMILES string of the molecule is CCOC(=O)CC(=O)C[C@@H](CCn1c(-c2ccc(F)cc2)c(-c2ccccc2)c(C(=O)Nc2ccccc2)c1C(C)C)O[Si](C)(C)C(C)(C)C. The first-order valence-corrected chi connectivity index (χ1v) is 20.3. The van der Waals surface area contributed by atoms with Gasteiger partial charge in [-0.15, -0.1) is 0 Å². The molecule has 7 nitrogen and oxygen atoms in total. The van der Waals surface area contributed by atoms with E-state index in [1.165, 1.54) is 12.1 Å². The summed E-state index contributed by atoms with van der Waals surface area (Å²) < 4.78 is 28.4. The van der Waals surface area contributed by atoms with Gasteiger partial charge in [0.05, 0.1) is 24.0 Å². The van der Waals surface area contributed by atoms with Crippen LogP contribution in [0.25, 0.3) is 22.4 Å². The number of aromatic nitrogens is 1. The van der Waals surface area contributed by atoms with E-state index < -0.39 is 20.4 Å². The quantitative estimate of drug-likeness (QED) is 0.0759. The molecule has 0 bridgehead atoms. The van der Waals surface area contributed by atoms with E-state index in [4.69, 9.17) is 9.16 Å². The van der Waals surface area contributed by atoms with E-state index >= 15 is 0 Å². The highest BCUT2D eigenvalue weighted by atomic mass is 28.4. The first-order valence-electron chi connectivity index (χ1n) is 17.4. The van der Waals surface area contributed by atoms with Crippen molar-refractivity contribution in [3.05, 3.63) is 102 Å². The number of nitrogens with one attached hydrogen (secondary N) is 1. The predicted octanol–water partition coefficient (Wildman–Crippen LogP) is 10.0. The van der Waals surface area contributed by atoms with E-state index in [9.17, 15) is 18.8 Å². The third-order valence-electron chi connectivity index (χ3n) is 9.33. The summed E-state index contributed by atoms with van der Waals surface area (Å²) in [6.07, 6.45) is -0.294. The summed E-state index contributed by atoms with van der Waals surface area (Å²) in [6.45, 7) is 17.2. The Morgan fingerprint density at radius 2 is 1.48 bits per heavy atom. The number of Topliss-reactive ketones (excluding diaryl/α,β-unsaturated/α-hetero) is 1. The standard InChI is InChI=1S/C41H51FN2O5Si/c1-9-48-35(46)27-33(45)26-34(49-50(7,8)41(4,5)6)24-25-44-38(28(2)3)37(40(47)43-32-18-14-11-15-19-32)36(29-16-12-10-13-17-29)39(44)30-20-22-31(42)23-21-30/h10-23,28,34H,9,24-27H2,1-8H3,(H,43,47)/t34-/m1/s1. The molecule has 1 atom stereocenters. The highest BCUT2D eigenvalue weighted by Gasteiger charge is 2.40. The number of hydrogen-bond acceptors (Lipinski definition) is 5. The molecule has 1 aromatic heterocycles. The van der Waals surface area contributed by atoms with E-state index in [1.807, 2.05) is 60.7 Å². The number of nitrogens with zero attached hydrogens (tertiary/aromatic N) is 1. The molecule has 0 saturated carbocycles. The second-order valence-corrected chi connectivity index (χ2v) is 19.3. The number of halogens is 1. The number of anilines is 1. The normalized spacial score (nSPS) is 12.5. The zero-order valence-corrected chi connectivity index (χ0v) is 31.6. The Labute approximate surface area is 297 Å². The van der Waals surface area contributed by atoms with Crippen LogP contribution in [0.2, 0.25) is 18.1 Å². The number of hydrogen-bond donors (Lipinski definition) is 1. The molecule has 266 valence electrons. The van der Waals surface area contributed by atoms with Crippen LogP contribution in [-0.2, 0) is 25.3 Å².